The van der Waals surface area contributed by atoms with Gasteiger partial charge in [-0.1, -0.05) is 0 Å². The lowest BCUT2D eigenvalue weighted by Gasteiger charge is -2.17. The first kappa shape index (κ1) is 23.3. The fourth-order valence-corrected chi connectivity index (χ4v) is 6.52. The number of hydrogen-bond donors (Lipinski definition) is 5. The number of fused-ring (bicyclic) bond motifs is 1. The first-order chi connectivity index (χ1) is 14.0. The summed E-state index contributed by atoms with van der Waals surface area (Å²) in [4.78, 5) is 49.6. The normalized spacial score (nSPS) is 24.5. The van der Waals surface area contributed by atoms with E-state index in [-0.39, 0.29) is 29.6 Å². The maximum Gasteiger partial charge on any atom is 0.486 e. The molecule has 30 heavy (non-hydrogen) atoms. The minimum absolute atomic E-state index is 0.0564. The van der Waals surface area contributed by atoms with Crippen LogP contribution >= 0.6 is 23.7 Å². The highest BCUT2D eigenvalue weighted by Crippen LogP contribution is 2.63. The average Bonchev–Trinajstić information content (AvgIpc) is 3.18. The number of nitrogens with one attached hydrogen (secondary N) is 1. The molecule has 0 aliphatic carbocycles. The van der Waals surface area contributed by atoms with E-state index in [0.29, 0.717) is 19.3 Å². The fraction of sp³-hybridized carbons (Fsp3) is 0.583. The van der Waals surface area contributed by atoms with Gasteiger partial charge >= 0.3 is 23.7 Å². The summed E-state index contributed by atoms with van der Waals surface area (Å²) in [5, 5.41) is 0. The van der Waals surface area contributed by atoms with E-state index < -0.39 is 41.6 Å². The topological polar surface area (TPSA) is 229 Å². The van der Waals surface area contributed by atoms with E-state index in [0.717, 1.165) is 0 Å². The van der Waals surface area contributed by atoms with Crippen molar-refractivity contribution in [1.29, 1.82) is 0 Å². The van der Waals surface area contributed by atoms with Gasteiger partial charge in [-0.2, -0.15) is 4.98 Å². The molecule has 3 heterocycles. The zero-order valence-corrected chi connectivity index (χ0v) is 18.1. The molecular formula is C12H20N5O10P3. The van der Waals surface area contributed by atoms with Crippen molar-refractivity contribution >= 4 is 40.8 Å². The Kier molecular flexibility index (Phi) is 6.97. The minimum atomic E-state index is -5.13. The lowest BCUT2D eigenvalue weighted by molar-refractivity contribution is 0.000475. The highest BCUT2D eigenvalue weighted by Gasteiger charge is 2.35. The van der Waals surface area contributed by atoms with Gasteiger partial charge in [-0.25, -0.2) is 18.2 Å². The van der Waals surface area contributed by atoms with E-state index in [1.54, 1.807) is 4.57 Å². The molecule has 2 aromatic rings. The third-order valence-electron chi connectivity index (χ3n) is 4.24. The predicted octanol–water partition coefficient (Wildman–Crippen LogP) is 0.861. The van der Waals surface area contributed by atoms with Gasteiger partial charge in [0.25, 0.3) is 5.56 Å². The molecule has 1 fully saturated rings. The summed E-state index contributed by atoms with van der Waals surface area (Å²) in [5.41, 5.74) is 5.49. The molecule has 1 saturated heterocycles. The van der Waals surface area contributed by atoms with Crippen LogP contribution in [-0.4, -0.2) is 46.5 Å². The summed E-state index contributed by atoms with van der Waals surface area (Å²) in [7, 11) is -13.5. The van der Waals surface area contributed by atoms with E-state index in [1.807, 2.05) is 0 Å². The number of ether oxygens (including phenoxy) is 1. The average molecular weight is 487 g/mol. The SMILES string of the molecule is Nc1nc2c(ncn2[C@H]2CC[C@@H](CCCP(=O)(O)OP(=O)(O)O[PH](=O)O)O2)c(=O)[nH]1. The van der Waals surface area contributed by atoms with Crippen LogP contribution in [0.4, 0.5) is 5.95 Å². The minimum Gasteiger partial charge on any atom is -0.369 e. The van der Waals surface area contributed by atoms with Crippen molar-refractivity contribution in [3.8, 4) is 0 Å². The van der Waals surface area contributed by atoms with Gasteiger partial charge < -0.3 is 25.2 Å². The Balaban J connectivity index is 1.55. The van der Waals surface area contributed by atoms with E-state index in [1.165, 1.54) is 6.33 Å². The number of anilines is 1. The molecule has 1 aliphatic heterocycles. The zero-order valence-electron chi connectivity index (χ0n) is 15.3. The van der Waals surface area contributed by atoms with Gasteiger partial charge in [0, 0.05) is 0 Å². The molecule has 6 N–H and O–H groups in total. The number of rotatable bonds is 9. The molecule has 0 spiro atoms. The van der Waals surface area contributed by atoms with E-state index in [4.69, 9.17) is 20.3 Å². The van der Waals surface area contributed by atoms with Crippen LogP contribution in [0.15, 0.2) is 11.1 Å². The highest BCUT2D eigenvalue weighted by molar-refractivity contribution is 7.66. The molecule has 168 valence electrons. The molecule has 1 aliphatic rings. The largest absolute Gasteiger partial charge is 0.486 e. The van der Waals surface area contributed by atoms with Crippen molar-refractivity contribution in [2.75, 3.05) is 11.9 Å². The summed E-state index contributed by atoms with van der Waals surface area (Å²) >= 11 is 0. The Hall–Kier alpha value is -1.40. The second-order valence-electron chi connectivity index (χ2n) is 6.48. The maximum atomic E-state index is 11.9. The molecule has 0 amide bonds. The molecule has 0 radical (unpaired) electrons. The highest BCUT2D eigenvalue weighted by atomic mass is 31.3. The summed E-state index contributed by atoms with van der Waals surface area (Å²) in [6.45, 7) is 0. The van der Waals surface area contributed by atoms with Gasteiger partial charge in [0.1, 0.15) is 6.23 Å². The number of H-pyrrole nitrogens is 1. The molecular weight excluding hydrogens is 467 g/mol. The van der Waals surface area contributed by atoms with Crippen LogP contribution in [0.2, 0.25) is 0 Å². The Labute approximate surface area is 169 Å². The van der Waals surface area contributed by atoms with Crippen LogP contribution in [0.5, 0.6) is 0 Å². The molecule has 3 unspecified atom stereocenters. The Morgan fingerprint density at radius 1 is 1.40 bits per heavy atom. The number of hydrogen-bond acceptors (Lipinski definition) is 10. The molecule has 0 saturated carbocycles. The van der Waals surface area contributed by atoms with Gasteiger partial charge in [-0.3, -0.25) is 23.5 Å². The number of nitrogens with two attached hydrogens (primary N) is 1. The van der Waals surface area contributed by atoms with Crippen LogP contribution < -0.4 is 11.3 Å². The molecule has 18 heteroatoms. The third-order valence-corrected chi connectivity index (χ3v) is 8.51. The summed E-state index contributed by atoms with van der Waals surface area (Å²) in [5.74, 6) is -0.0564. The summed E-state index contributed by atoms with van der Waals surface area (Å²) in [6.07, 6.45) is 1.79. The molecule has 2 aromatic heterocycles. The number of imidazole rings is 1. The number of nitrogens with zero attached hydrogens (tertiary/aromatic N) is 3. The quantitative estimate of drug-likeness (QED) is 0.309. The molecule has 3 rings (SSSR count). The van der Waals surface area contributed by atoms with Crippen molar-refractivity contribution in [2.24, 2.45) is 0 Å². The fourth-order valence-electron chi connectivity index (χ4n) is 3.09. The van der Waals surface area contributed by atoms with Crippen molar-refractivity contribution in [2.45, 2.75) is 38.0 Å². The molecule has 0 bridgehead atoms. The maximum absolute atomic E-state index is 11.9. The van der Waals surface area contributed by atoms with Crippen molar-refractivity contribution in [3.63, 3.8) is 0 Å². The number of nitrogen functional groups attached to an aromatic ring is 1. The van der Waals surface area contributed by atoms with Crippen LogP contribution in [0.25, 0.3) is 11.2 Å². The standard InChI is InChI=1S/C12H20N5O10P3/c13-12-15-10-9(11(18)16-12)14-6-17(10)8-4-3-7(25-8)2-1-5-29(21,22)27-30(23,24)26-28(19)20/h6-8,28H,1-5H2,(H,19,20)(H,21,22)(H,23,24)(H3,13,15,16,18)/t7-,8-/m1/s1. The van der Waals surface area contributed by atoms with Crippen LogP contribution in [0, 0.1) is 0 Å². The molecule has 0 aromatic carbocycles. The van der Waals surface area contributed by atoms with Crippen LogP contribution in [-0.2, 0) is 27.1 Å². The second kappa shape index (κ2) is 8.99. The first-order valence-electron chi connectivity index (χ1n) is 8.62. The Morgan fingerprint density at radius 2 is 2.13 bits per heavy atom. The number of phosphoric acid groups is 1. The summed E-state index contributed by atoms with van der Waals surface area (Å²) < 4.78 is 49.0. The van der Waals surface area contributed by atoms with Gasteiger partial charge in [0.05, 0.1) is 18.6 Å². The van der Waals surface area contributed by atoms with E-state index >= 15 is 0 Å². The second-order valence-corrected chi connectivity index (χ2v) is 11.1. The van der Waals surface area contributed by atoms with E-state index in [2.05, 4.69) is 23.6 Å². The van der Waals surface area contributed by atoms with Gasteiger partial charge in [0.15, 0.2) is 11.2 Å². The van der Waals surface area contributed by atoms with Crippen molar-refractivity contribution in [3.05, 3.63) is 16.7 Å². The lowest BCUT2D eigenvalue weighted by Crippen LogP contribution is -2.15. The number of aromatic nitrogens is 4. The Morgan fingerprint density at radius 3 is 2.83 bits per heavy atom. The zero-order chi connectivity index (χ0) is 22.1. The van der Waals surface area contributed by atoms with Crippen molar-refractivity contribution < 1.29 is 41.7 Å². The van der Waals surface area contributed by atoms with Crippen molar-refractivity contribution in [1.82, 2.24) is 19.5 Å². The summed E-state index contributed by atoms with van der Waals surface area (Å²) in [6, 6.07) is 0. The number of aromatic amines is 1. The van der Waals surface area contributed by atoms with Gasteiger partial charge in [-0.15, -0.1) is 0 Å². The van der Waals surface area contributed by atoms with Crippen LogP contribution in [0.3, 0.4) is 0 Å². The third kappa shape index (κ3) is 5.85. The lowest BCUT2D eigenvalue weighted by atomic mass is 10.1. The van der Waals surface area contributed by atoms with Crippen LogP contribution in [0.1, 0.15) is 31.9 Å². The predicted molar refractivity (Wildman–Crippen MR) is 103 cm³/mol. The van der Waals surface area contributed by atoms with Gasteiger partial charge in [0.2, 0.25) is 5.95 Å². The molecule has 5 atom stereocenters. The smallest absolute Gasteiger partial charge is 0.369 e. The van der Waals surface area contributed by atoms with E-state index in [9.17, 15) is 23.4 Å². The monoisotopic (exact) mass is 487 g/mol. The first-order valence-corrected chi connectivity index (χ1v) is 13.1. The molecule has 15 nitrogen and oxygen atoms in total. The van der Waals surface area contributed by atoms with Gasteiger partial charge in [-0.05, 0) is 25.7 Å². The Bertz CT molecular complexity index is 1100.